The van der Waals surface area contributed by atoms with Gasteiger partial charge in [0.1, 0.15) is 0 Å². The fourth-order valence-electron chi connectivity index (χ4n) is 1.89. The van der Waals surface area contributed by atoms with Gasteiger partial charge in [0.25, 0.3) is 0 Å². The predicted molar refractivity (Wildman–Crippen MR) is 77.7 cm³/mol. The van der Waals surface area contributed by atoms with E-state index in [0.29, 0.717) is 14.5 Å². The summed E-state index contributed by atoms with van der Waals surface area (Å²) in [6, 6.07) is 21.3. The van der Waals surface area contributed by atoms with Crippen LogP contribution in [-0.4, -0.2) is 21.6 Å². The summed E-state index contributed by atoms with van der Waals surface area (Å²) < 4.78 is 6.00. The van der Waals surface area contributed by atoms with Gasteiger partial charge in [-0.15, -0.1) is 0 Å². The van der Waals surface area contributed by atoms with Crippen LogP contribution in [0, 0.1) is 0 Å². The van der Waals surface area contributed by atoms with Gasteiger partial charge in [0.05, 0.1) is 0 Å². The van der Waals surface area contributed by atoms with Crippen LogP contribution in [0.15, 0.2) is 60.7 Å². The molecular weight excluding hydrogens is 294 g/mol. The molecule has 0 spiro atoms. The SMILES string of the molecule is CO[P+]([Se]C)(c1ccccc1)c1ccccc1. The van der Waals surface area contributed by atoms with E-state index >= 15 is 0 Å². The quantitative estimate of drug-likeness (QED) is 0.623. The van der Waals surface area contributed by atoms with Gasteiger partial charge in [-0.05, 0) is 0 Å². The van der Waals surface area contributed by atoms with Crippen molar-refractivity contribution in [2.75, 3.05) is 7.11 Å². The molecule has 3 heteroatoms. The van der Waals surface area contributed by atoms with Gasteiger partial charge >= 0.3 is 109 Å². The topological polar surface area (TPSA) is 9.23 Å². The molecule has 0 saturated heterocycles. The first-order valence-electron chi connectivity index (χ1n) is 5.45. The molecule has 2 aromatic rings. The molecule has 0 bridgehead atoms. The van der Waals surface area contributed by atoms with Crippen molar-refractivity contribution in [2.24, 2.45) is 0 Å². The monoisotopic (exact) mass is 311 g/mol. The molecular formula is C14H16OPSe+. The van der Waals surface area contributed by atoms with Crippen molar-refractivity contribution in [1.82, 2.24) is 0 Å². The second-order valence-corrected chi connectivity index (χ2v) is 12.0. The van der Waals surface area contributed by atoms with Gasteiger partial charge in [-0.3, -0.25) is 0 Å². The molecule has 0 aromatic heterocycles. The normalized spacial score (nSPS) is 11.4. The number of benzene rings is 2. The van der Waals surface area contributed by atoms with Crippen LogP contribution in [0.5, 0.6) is 0 Å². The second-order valence-electron chi connectivity index (χ2n) is 3.59. The van der Waals surface area contributed by atoms with E-state index in [1.54, 1.807) is 0 Å². The third-order valence-corrected chi connectivity index (χ3v) is 12.5. The molecule has 0 heterocycles. The molecule has 0 amide bonds. The maximum atomic E-state index is 6.00. The van der Waals surface area contributed by atoms with E-state index in [4.69, 9.17) is 4.52 Å². The van der Waals surface area contributed by atoms with Gasteiger partial charge in [-0.1, -0.05) is 0 Å². The van der Waals surface area contributed by atoms with Crippen LogP contribution in [0.2, 0.25) is 5.82 Å². The summed E-state index contributed by atoms with van der Waals surface area (Å²) in [4.78, 5) is 0. The van der Waals surface area contributed by atoms with Crippen molar-refractivity contribution in [1.29, 1.82) is 0 Å². The van der Waals surface area contributed by atoms with Gasteiger partial charge in [-0.2, -0.15) is 0 Å². The Morgan fingerprint density at radius 3 is 1.53 bits per heavy atom. The predicted octanol–water partition coefficient (Wildman–Crippen LogP) is 2.88. The molecule has 0 radical (unpaired) electrons. The van der Waals surface area contributed by atoms with Gasteiger partial charge in [0.2, 0.25) is 0 Å². The van der Waals surface area contributed by atoms with Crippen molar-refractivity contribution in [2.45, 2.75) is 5.82 Å². The zero-order chi connectivity index (χ0) is 12.1. The maximum absolute atomic E-state index is 6.00. The summed E-state index contributed by atoms with van der Waals surface area (Å²) in [5.41, 5.74) is 0. The molecule has 2 rings (SSSR count). The molecule has 0 atom stereocenters. The van der Waals surface area contributed by atoms with Crippen molar-refractivity contribution >= 4 is 31.3 Å². The molecule has 0 N–H and O–H groups in total. The summed E-state index contributed by atoms with van der Waals surface area (Å²) in [5, 5.41) is 2.69. The van der Waals surface area contributed by atoms with Crippen molar-refractivity contribution in [3.63, 3.8) is 0 Å². The van der Waals surface area contributed by atoms with Crippen LogP contribution >= 0.6 is 6.18 Å². The molecule has 0 aliphatic rings. The third kappa shape index (κ3) is 2.46. The van der Waals surface area contributed by atoms with Gasteiger partial charge in [0, 0.05) is 0 Å². The Morgan fingerprint density at radius 2 is 1.24 bits per heavy atom. The second kappa shape index (κ2) is 5.80. The van der Waals surface area contributed by atoms with Crippen LogP contribution in [0.4, 0.5) is 0 Å². The summed E-state index contributed by atoms with van der Waals surface area (Å²) in [6.45, 7) is 0. The molecule has 0 saturated carbocycles. The average Bonchev–Trinajstić information content (AvgIpc) is 2.43. The number of rotatable bonds is 4. The Morgan fingerprint density at radius 1 is 0.824 bits per heavy atom. The van der Waals surface area contributed by atoms with Gasteiger partial charge in [-0.25, -0.2) is 0 Å². The average molecular weight is 310 g/mol. The molecule has 0 aliphatic heterocycles. The Kier molecular flexibility index (Phi) is 4.36. The Hall–Kier alpha value is -0.651. The fraction of sp³-hybridized carbons (Fsp3) is 0.143. The van der Waals surface area contributed by atoms with Crippen molar-refractivity contribution < 1.29 is 4.52 Å². The number of hydrogen-bond donors (Lipinski definition) is 0. The Bertz CT molecular complexity index is 413. The van der Waals surface area contributed by atoms with E-state index in [2.05, 4.69) is 66.5 Å². The minimum absolute atomic E-state index is 0.435. The molecule has 0 aliphatic carbocycles. The molecule has 1 nitrogen and oxygen atoms in total. The minimum atomic E-state index is -1.60. The third-order valence-electron chi connectivity index (χ3n) is 2.71. The molecule has 0 fully saturated rings. The van der Waals surface area contributed by atoms with E-state index < -0.39 is 6.18 Å². The standard InChI is InChI=1S/C14H16OPSe/c1-15-16(17-2,13-9-5-3-6-10-13)14-11-7-4-8-12-14/h3-12H,1-2H3/q+1. The summed E-state index contributed by atoms with van der Waals surface area (Å²) in [7, 11) is 1.85. The zero-order valence-electron chi connectivity index (χ0n) is 10.0. The van der Waals surface area contributed by atoms with E-state index in [0.717, 1.165) is 0 Å². The first-order chi connectivity index (χ1) is 8.33. The molecule has 88 valence electrons. The van der Waals surface area contributed by atoms with E-state index in [9.17, 15) is 0 Å². The Labute approximate surface area is 109 Å². The first-order valence-corrected chi connectivity index (χ1v) is 11.1. The van der Waals surface area contributed by atoms with Crippen molar-refractivity contribution in [3.8, 4) is 0 Å². The summed E-state index contributed by atoms with van der Waals surface area (Å²) >= 11 is 0.435. The fourth-order valence-corrected chi connectivity index (χ4v) is 9.44. The molecule has 0 unspecified atom stereocenters. The summed E-state index contributed by atoms with van der Waals surface area (Å²) in [5.74, 6) is 2.27. The van der Waals surface area contributed by atoms with Gasteiger partial charge in [0.15, 0.2) is 0 Å². The molecule has 2 aromatic carbocycles. The van der Waals surface area contributed by atoms with Crippen molar-refractivity contribution in [3.05, 3.63) is 60.7 Å². The van der Waals surface area contributed by atoms with Crippen LogP contribution in [0.3, 0.4) is 0 Å². The number of hydrogen-bond acceptors (Lipinski definition) is 1. The zero-order valence-corrected chi connectivity index (χ0v) is 12.6. The molecule has 17 heavy (non-hydrogen) atoms. The van der Waals surface area contributed by atoms with E-state index in [1.807, 2.05) is 7.11 Å². The summed E-state index contributed by atoms with van der Waals surface area (Å²) in [6.07, 6.45) is -1.60. The van der Waals surface area contributed by atoms with Gasteiger partial charge < -0.3 is 0 Å². The van der Waals surface area contributed by atoms with Crippen LogP contribution in [-0.2, 0) is 4.52 Å². The van der Waals surface area contributed by atoms with Crippen LogP contribution in [0.1, 0.15) is 0 Å². The van der Waals surface area contributed by atoms with E-state index in [1.165, 1.54) is 10.6 Å². The first kappa shape index (κ1) is 12.8. The van der Waals surface area contributed by atoms with E-state index in [-0.39, 0.29) is 0 Å². The Balaban J connectivity index is 2.54. The van der Waals surface area contributed by atoms with Crippen LogP contribution < -0.4 is 10.6 Å². The van der Waals surface area contributed by atoms with Crippen LogP contribution in [0.25, 0.3) is 0 Å².